The normalized spacial score (nSPS) is 15.9. The quantitative estimate of drug-likeness (QED) is 0.862. The summed E-state index contributed by atoms with van der Waals surface area (Å²) < 4.78 is 13.1. The predicted molar refractivity (Wildman–Crippen MR) is 99.7 cm³/mol. The maximum absolute atomic E-state index is 12.2. The number of para-hydroxylation sites is 1. The molecule has 0 radical (unpaired) electrons. The summed E-state index contributed by atoms with van der Waals surface area (Å²) in [5, 5.41) is 7.45. The van der Waals surface area contributed by atoms with Crippen LogP contribution in [0.3, 0.4) is 0 Å². The summed E-state index contributed by atoms with van der Waals surface area (Å²) in [5.74, 6) is 1.96. The number of nitrogens with zero attached hydrogens (tertiary/aromatic N) is 2. The number of methoxy groups -OCH3 is 1. The van der Waals surface area contributed by atoms with Crippen LogP contribution in [-0.4, -0.2) is 35.9 Å². The van der Waals surface area contributed by atoms with Gasteiger partial charge < -0.3 is 14.8 Å². The highest BCUT2D eigenvalue weighted by atomic mass is 16.5. The molecule has 0 fully saturated rings. The Morgan fingerprint density at radius 1 is 1.42 bits per heavy atom. The van der Waals surface area contributed by atoms with E-state index in [1.807, 2.05) is 37.7 Å². The third-order valence-electron chi connectivity index (χ3n) is 5.10. The second kappa shape index (κ2) is 7.81. The molecule has 6 nitrogen and oxygen atoms in total. The summed E-state index contributed by atoms with van der Waals surface area (Å²) in [6.07, 6.45) is 2.08. The lowest BCUT2D eigenvalue weighted by Crippen LogP contribution is -2.35. The van der Waals surface area contributed by atoms with Crippen LogP contribution in [0.4, 0.5) is 0 Å². The number of amides is 1. The van der Waals surface area contributed by atoms with Crippen molar-refractivity contribution in [2.45, 2.75) is 33.1 Å². The molecule has 0 bridgehead atoms. The molecule has 2 heterocycles. The number of hydrogen-bond donors (Lipinski definition) is 1. The molecule has 1 atom stereocenters. The van der Waals surface area contributed by atoms with E-state index in [0.29, 0.717) is 19.6 Å². The number of carbonyl (C=O) groups excluding carboxylic acids is 1. The summed E-state index contributed by atoms with van der Waals surface area (Å²) in [6.45, 7) is 5.25. The Bertz CT molecular complexity index is 798. The molecule has 2 aromatic rings. The minimum Gasteiger partial charge on any atom is -0.493 e. The molecule has 6 heteroatoms. The summed E-state index contributed by atoms with van der Waals surface area (Å²) in [7, 11) is 3.58. The summed E-state index contributed by atoms with van der Waals surface area (Å²) in [6, 6.07) is 5.93. The second-order valence-electron chi connectivity index (χ2n) is 6.91. The molecular formula is C20H27N3O3. The van der Waals surface area contributed by atoms with E-state index in [4.69, 9.17) is 9.47 Å². The number of rotatable bonds is 6. The number of nitrogens with one attached hydrogen (secondary N) is 1. The van der Waals surface area contributed by atoms with Crippen LogP contribution in [0.2, 0.25) is 0 Å². The van der Waals surface area contributed by atoms with E-state index in [-0.39, 0.29) is 11.8 Å². The Morgan fingerprint density at radius 3 is 2.92 bits per heavy atom. The van der Waals surface area contributed by atoms with Gasteiger partial charge in [0.25, 0.3) is 0 Å². The fourth-order valence-electron chi connectivity index (χ4n) is 3.51. The maximum Gasteiger partial charge on any atom is 0.220 e. The Kier molecular flexibility index (Phi) is 5.49. The first-order chi connectivity index (χ1) is 12.5. The van der Waals surface area contributed by atoms with Crippen LogP contribution < -0.4 is 14.8 Å². The molecule has 0 unspecified atom stereocenters. The van der Waals surface area contributed by atoms with E-state index in [9.17, 15) is 4.79 Å². The molecule has 1 aromatic carbocycles. The smallest absolute Gasteiger partial charge is 0.220 e. The van der Waals surface area contributed by atoms with Gasteiger partial charge in [0.15, 0.2) is 11.5 Å². The van der Waals surface area contributed by atoms with Gasteiger partial charge in [-0.15, -0.1) is 0 Å². The minimum atomic E-state index is 0.0732. The highest BCUT2D eigenvalue weighted by molar-refractivity contribution is 5.76. The molecule has 0 aliphatic carbocycles. The molecule has 0 saturated heterocycles. The van der Waals surface area contributed by atoms with E-state index >= 15 is 0 Å². The minimum absolute atomic E-state index is 0.0732. The zero-order valence-corrected chi connectivity index (χ0v) is 16.0. The van der Waals surface area contributed by atoms with Crippen LogP contribution in [0, 0.1) is 19.8 Å². The first-order valence-corrected chi connectivity index (χ1v) is 9.04. The van der Waals surface area contributed by atoms with Crippen molar-refractivity contribution in [1.82, 2.24) is 15.1 Å². The van der Waals surface area contributed by atoms with Crippen molar-refractivity contribution in [3.8, 4) is 11.5 Å². The first kappa shape index (κ1) is 18.3. The SMILES string of the molecule is COc1cccc2c1OC[C@@H](CNC(=O)CCc1c(C)nn(C)c1C)C2. The average molecular weight is 357 g/mol. The summed E-state index contributed by atoms with van der Waals surface area (Å²) in [5.41, 5.74) is 4.44. The number of hydrogen-bond acceptors (Lipinski definition) is 4. The zero-order valence-electron chi connectivity index (χ0n) is 16.0. The Morgan fingerprint density at radius 2 is 2.23 bits per heavy atom. The molecule has 0 saturated carbocycles. The van der Waals surface area contributed by atoms with Gasteiger partial charge in [-0.2, -0.15) is 5.10 Å². The molecule has 1 N–H and O–H groups in total. The highest BCUT2D eigenvalue weighted by Crippen LogP contribution is 2.35. The van der Waals surface area contributed by atoms with Crippen LogP contribution >= 0.6 is 0 Å². The van der Waals surface area contributed by atoms with E-state index in [2.05, 4.69) is 16.5 Å². The van der Waals surface area contributed by atoms with E-state index in [1.54, 1.807) is 7.11 Å². The monoisotopic (exact) mass is 357 g/mol. The fourth-order valence-corrected chi connectivity index (χ4v) is 3.51. The predicted octanol–water partition coefficient (Wildman–Crippen LogP) is 2.35. The number of aryl methyl sites for hydroxylation is 2. The van der Waals surface area contributed by atoms with Gasteiger partial charge in [-0.05, 0) is 43.9 Å². The van der Waals surface area contributed by atoms with Gasteiger partial charge in [0.2, 0.25) is 5.91 Å². The highest BCUT2D eigenvalue weighted by Gasteiger charge is 2.23. The largest absolute Gasteiger partial charge is 0.493 e. The molecule has 3 rings (SSSR count). The van der Waals surface area contributed by atoms with Crippen molar-refractivity contribution in [3.05, 3.63) is 40.7 Å². The average Bonchev–Trinajstić information content (AvgIpc) is 2.89. The van der Waals surface area contributed by atoms with E-state index < -0.39 is 0 Å². The van der Waals surface area contributed by atoms with Crippen molar-refractivity contribution in [3.63, 3.8) is 0 Å². The Hall–Kier alpha value is -2.50. The van der Waals surface area contributed by atoms with Crippen LogP contribution in [0.15, 0.2) is 18.2 Å². The zero-order chi connectivity index (χ0) is 18.7. The fraction of sp³-hybridized carbons (Fsp3) is 0.500. The van der Waals surface area contributed by atoms with Gasteiger partial charge in [0, 0.05) is 31.6 Å². The topological polar surface area (TPSA) is 65.4 Å². The van der Waals surface area contributed by atoms with Crippen molar-refractivity contribution >= 4 is 5.91 Å². The molecule has 1 aliphatic rings. The lowest BCUT2D eigenvalue weighted by Gasteiger charge is -2.26. The van der Waals surface area contributed by atoms with Crippen molar-refractivity contribution in [2.24, 2.45) is 13.0 Å². The Balaban J connectivity index is 1.49. The van der Waals surface area contributed by atoms with Crippen LogP contribution in [0.1, 0.15) is 28.9 Å². The first-order valence-electron chi connectivity index (χ1n) is 9.04. The third kappa shape index (κ3) is 3.84. The van der Waals surface area contributed by atoms with Gasteiger partial charge in [-0.1, -0.05) is 12.1 Å². The summed E-state index contributed by atoms with van der Waals surface area (Å²) in [4.78, 5) is 12.2. The van der Waals surface area contributed by atoms with Gasteiger partial charge in [-0.25, -0.2) is 0 Å². The van der Waals surface area contributed by atoms with E-state index in [0.717, 1.165) is 41.3 Å². The summed E-state index contributed by atoms with van der Waals surface area (Å²) >= 11 is 0. The van der Waals surface area contributed by atoms with Gasteiger partial charge in [0.1, 0.15) is 0 Å². The molecule has 26 heavy (non-hydrogen) atoms. The van der Waals surface area contributed by atoms with Gasteiger partial charge in [-0.3, -0.25) is 9.48 Å². The van der Waals surface area contributed by atoms with Crippen LogP contribution in [0.25, 0.3) is 0 Å². The van der Waals surface area contributed by atoms with Crippen molar-refractivity contribution in [1.29, 1.82) is 0 Å². The van der Waals surface area contributed by atoms with Crippen molar-refractivity contribution in [2.75, 3.05) is 20.3 Å². The molecule has 1 amide bonds. The van der Waals surface area contributed by atoms with Gasteiger partial charge in [0.05, 0.1) is 19.4 Å². The maximum atomic E-state index is 12.2. The second-order valence-corrected chi connectivity index (χ2v) is 6.91. The molecule has 0 spiro atoms. The molecule has 1 aromatic heterocycles. The number of benzene rings is 1. The van der Waals surface area contributed by atoms with Crippen LogP contribution in [-0.2, 0) is 24.7 Å². The standard InChI is InChI=1S/C20H27N3O3/c1-13-17(14(2)23(3)22-13)8-9-19(24)21-11-15-10-16-6-5-7-18(25-4)20(16)26-12-15/h5-7,15H,8-12H2,1-4H3,(H,21,24)/t15-/m1/s1. The number of ether oxygens (including phenoxy) is 2. The lowest BCUT2D eigenvalue weighted by molar-refractivity contribution is -0.121. The number of carbonyl (C=O) groups is 1. The number of fused-ring (bicyclic) bond motifs is 1. The van der Waals surface area contributed by atoms with Crippen LogP contribution in [0.5, 0.6) is 11.5 Å². The third-order valence-corrected chi connectivity index (χ3v) is 5.10. The molecule has 1 aliphatic heterocycles. The van der Waals surface area contributed by atoms with Crippen molar-refractivity contribution < 1.29 is 14.3 Å². The molecular weight excluding hydrogens is 330 g/mol. The molecule has 140 valence electrons. The number of aromatic nitrogens is 2. The Labute approximate surface area is 154 Å². The lowest BCUT2D eigenvalue weighted by atomic mass is 9.96. The van der Waals surface area contributed by atoms with E-state index in [1.165, 1.54) is 5.56 Å². The van der Waals surface area contributed by atoms with Gasteiger partial charge >= 0.3 is 0 Å².